The number of thiophene rings is 1. The fourth-order valence-corrected chi connectivity index (χ4v) is 2.87. The van der Waals surface area contributed by atoms with Crippen LogP contribution in [0.2, 0.25) is 0 Å². The Morgan fingerprint density at radius 2 is 2.24 bits per heavy atom. The van der Waals surface area contributed by atoms with Crippen LogP contribution in [-0.2, 0) is 17.9 Å². The zero-order chi connectivity index (χ0) is 12.3. The maximum atomic E-state index is 5.87. The predicted molar refractivity (Wildman–Crippen MR) is 73.5 cm³/mol. The summed E-state index contributed by atoms with van der Waals surface area (Å²) in [5, 5.41) is 3.46. The molecule has 0 aromatic carbocycles. The van der Waals surface area contributed by atoms with Crippen LogP contribution in [0.15, 0.2) is 6.07 Å². The lowest BCUT2D eigenvalue weighted by atomic mass is 9.96. The number of hydrogen-bond acceptors (Lipinski definition) is 3. The quantitative estimate of drug-likeness (QED) is 0.836. The highest BCUT2D eigenvalue weighted by molar-refractivity contribution is 7.12. The summed E-state index contributed by atoms with van der Waals surface area (Å²) in [6.45, 7) is 8.34. The summed E-state index contributed by atoms with van der Waals surface area (Å²) >= 11 is 1.89. The molecule has 1 N–H and O–H groups in total. The average molecular weight is 253 g/mol. The lowest BCUT2D eigenvalue weighted by molar-refractivity contribution is -0.00871. The Labute approximate surface area is 108 Å². The topological polar surface area (TPSA) is 21.3 Å². The Balaban J connectivity index is 1.83. The van der Waals surface area contributed by atoms with E-state index in [2.05, 4.69) is 32.2 Å². The Morgan fingerprint density at radius 1 is 1.47 bits per heavy atom. The lowest BCUT2D eigenvalue weighted by Gasteiger charge is -2.25. The van der Waals surface area contributed by atoms with E-state index in [4.69, 9.17) is 4.74 Å². The molecule has 0 radical (unpaired) electrons. The van der Waals surface area contributed by atoms with Gasteiger partial charge in [0.15, 0.2) is 0 Å². The molecule has 3 heteroatoms. The Bertz CT molecular complexity index is 355. The monoisotopic (exact) mass is 253 g/mol. The van der Waals surface area contributed by atoms with E-state index < -0.39 is 0 Å². The first kappa shape index (κ1) is 13.1. The van der Waals surface area contributed by atoms with E-state index in [0.29, 0.717) is 12.1 Å². The fourth-order valence-electron chi connectivity index (χ4n) is 1.87. The van der Waals surface area contributed by atoms with Gasteiger partial charge >= 0.3 is 0 Å². The number of ether oxygens (including phenoxy) is 1. The Kier molecular flexibility index (Phi) is 4.60. The number of aryl methyl sites for hydroxylation is 1. The zero-order valence-corrected chi connectivity index (χ0v) is 11.9. The van der Waals surface area contributed by atoms with Gasteiger partial charge in [-0.3, -0.25) is 0 Å². The van der Waals surface area contributed by atoms with E-state index in [9.17, 15) is 0 Å². The molecule has 1 aromatic heterocycles. The molecule has 0 amide bonds. The first-order valence-electron chi connectivity index (χ1n) is 6.58. The normalized spacial score (nSPS) is 16.5. The average Bonchev–Trinajstić information content (AvgIpc) is 2.54. The molecule has 1 aliphatic carbocycles. The van der Waals surface area contributed by atoms with Crippen molar-refractivity contribution in [3.63, 3.8) is 0 Å². The van der Waals surface area contributed by atoms with E-state index in [1.54, 1.807) is 0 Å². The van der Waals surface area contributed by atoms with Crippen LogP contribution in [0.25, 0.3) is 0 Å². The molecule has 96 valence electrons. The molecule has 1 heterocycles. The third-order valence-corrected chi connectivity index (χ3v) is 4.38. The highest BCUT2D eigenvalue weighted by Crippen LogP contribution is 2.26. The van der Waals surface area contributed by atoms with Crippen LogP contribution in [0.5, 0.6) is 0 Å². The van der Waals surface area contributed by atoms with Gasteiger partial charge in [0, 0.05) is 22.3 Å². The van der Waals surface area contributed by atoms with Crippen molar-refractivity contribution in [3.05, 3.63) is 21.4 Å². The molecule has 1 saturated carbocycles. The Morgan fingerprint density at radius 3 is 2.82 bits per heavy atom. The van der Waals surface area contributed by atoms with Crippen LogP contribution in [0.3, 0.4) is 0 Å². The smallest absolute Gasteiger partial charge is 0.0731 e. The third kappa shape index (κ3) is 3.80. The van der Waals surface area contributed by atoms with E-state index in [0.717, 1.165) is 13.2 Å². The number of rotatable bonds is 6. The third-order valence-electron chi connectivity index (χ3n) is 3.28. The molecule has 2 rings (SSSR count). The lowest BCUT2D eigenvalue weighted by Crippen LogP contribution is -2.21. The maximum absolute atomic E-state index is 5.87. The van der Waals surface area contributed by atoms with Crippen LogP contribution < -0.4 is 5.32 Å². The van der Waals surface area contributed by atoms with Gasteiger partial charge in [0.2, 0.25) is 0 Å². The summed E-state index contributed by atoms with van der Waals surface area (Å²) in [4.78, 5) is 2.83. The summed E-state index contributed by atoms with van der Waals surface area (Å²) in [5.41, 5.74) is 1.38. The molecule has 0 spiro atoms. The highest BCUT2D eigenvalue weighted by atomic mass is 32.1. The van der Waals surface area contributed by atoms with Crippen molar-refractivity contribution in [2.45, 2.75) is 65.3 Å². The van der Waals surface area contributed by atoms with Gasteiger partial charge in [-0.2, -0.15) is 0 Å². The molecule has 0 bridgehead atoms. The van der Waals surface area contributed by atoms with Crippen molar-refractivity contribution < 1.29 is 4.74 Å². The second-order valence-electron chi connectivity index (χ2n) is 5.19. The highest BCUT2D eigenvalue weighted by Gasteiger charge is 2.18. The molecule has 1 aromatic rings. The summed E-state index contributed by atoms with van der Waals surface area (Å²) in [5.74, 6) is 0. The predicted octanol–water partition coefficient (Wildman–Crippen LogP) is 3.62. The first-order chi connectivity index (χ1) is 8.15. The number of nitrogens with one attached hydrogen (secondary N) is 1. The molecule has 0 aliphatic heterocycles. The van der Waals surface area contributed by atoms with Gasteiger partial charge in [-0.25, -0.2) is 0 Å². The second-order valence-corrected chi connectivity index (χ2v) is 6.53. The summed E-state index contributed by atoms with van der Waals surface area (Å²) < 4.78 is 5.87. The van der Waals surface area contributed by atoms with Crippen LogP contribution in [0, 0.1) is 6.92 Å². The fraction of sp³-hybridized carbons (Fsp3) is 0.714. The zero-order valence-electron chi connectivity index (χ0n) is 11.1. The van der Waals surface area contributed by atoms with Crippen molar-refractivity contribution in [2.75, 3.05) is 0 Å². The van der Waals surface area contributed by atoms with Crippen molar-refractivity contribution in [1.82, 2.24) is 5.32 Å². The van der Waals surface area contributed by atoms with Crippen LogP contribution in [0.4, 0.5) is 0 Å². The van der Waals surface area contributed by atoms with Gasteiger partial charge < -0.3 is 10.1 Å². The molecule has 1 fully saturated rings. The molecule has 0 saturated heterocycles. The van der Waals surface area contributed by atoms with Gasteiger partial charge in [-0.1, -0.05) is 13.8 Å². The maximum Gasteiger partial charge on any atom is 0.0731 e. The standard InChI is InChI=1S/C14H23NOS/c1-10(2)15-8-14-7-12(11(3)17-14)9-16-13-5-4-6-13/h7,10,13,15H,4-6,8-9H2,1-3H3. The molecule has 0 atom stereocenters. The summed E-state index contributed by atoms with van der Waals surface area (Å²) in [6.07, 6.45) is 4.39. The minimum atomic E-state index is 0.534. The van der Waals surface area contributed by atoms with E-state index in [1.807, 2.05) is 11.3 Å². The molecule has 0 unspecified atom stereocenters. The SMILES string of the molecule is Cc1sc(CNC(C)C)cc1COC1CCC1. The van der Waals surface area contributed by atoms with Crippen LogP contribution >= 0.6 is 11.3 Å². The molecule has 17 heavy (non-hydrogen) atoms. The number of hydrogen-bond donors (Lipinski definition) is 1. The minimum absolute atomic E-state index is 0.534. The molecule has 2 nitrogen and oxygen atoms in total. The van der Waals surface area contributed by atoms with Crippen molar-refractivity contribution in [3.8, 4) is 0 Å². The van der Waals surface area contributed by atoms with E-state index in [-0.39, 0.29) is 0 Å². The van der Waals surface area contributed by atoms with Crippen LogP contribution in [0.1, 0.15) is 48.4 Å². The minimum Gasteiger partial charge on any atom is -0.374 e. The summed E-state index contributed by atoms with van der Waals surface area (Å²) in [7, 11) is 0. The van der Waals surface area contributed by atoms with Crippen molar-refractivity contribution in [1.29, 1.82) is 0 Å². The second kappa shape index (κ2) is 5.98. The van der Waals surface area contributed by atoms with E-state index in [1.165, 1.54) is 34.6 Å². The van der Waals surface area contributed by atoms with Crippen LogP contribution in [-0.4, -0.2) is 12.1 Å². The van der Waals surface area contributed by atoms with Gasteiger partial charge in [0.25, 0.3) is 0 Å². The van der Waals surface area contributed by atoms with E-state index >= 15 is 0 Å². The van der Waals surface area contributed by atoms with Crippen molar-refractivity contribution in [2.24, 2.45) is 0 Å². The summed E-state index contributed by atoms with van der Waals surface area (Å²) in [6, 6.07) is 2.85. The molecular formula is C14H23NOS. The van der Waals surface area contributed by atoms with Gasteiger partial charge in [-0.15, -0.1) is 11.3 Å². The molecular weight excluding hydrogens is 230 g/mol. The Hall–Kier alpha value is -0.380. The first-order valence-corrected chi connectivity index (χ1v) is 7.40. The molecule has 1 aliphatic rings. The van der Waals surface area contributed by atoms with Gasteiger partial charge in [0.1, 0.15) is 0 Å². The largest absolute Gasteiger partial charge is 0.374 e. The van der Waals surface area contributed by atoms with Crippen molar-refractivity contribution >= 4 is 11.3 Å². The van der Waals surface area contributed by atoms with Gasteiger partial charge in [0.05, 0.1) is 12.7 Å². The van der Waals surface area contributed by atoms with Gasteiger partial charge in [-0.05, 0) is 37.8 Å².